The predicted molar refractivity (Wildman–Crippen MR) is 38.2 cm³/mol. The van der Waals surface area contributed by atoms with E-state index in [1.165, 1.54) is 0 Å². The van der Waals surface area contributed by atoms with Gasteiger partial charge >= 0.3 is 6.09 Å². The van der Waals surface area contributed by atoms with Gasteiger partial charge in [0.2, 0.25) is 0 Å². The van der Waals surface area contributed by atoms with Crippen molar-refractivity contribution in [3.05, 3.63) is 0 Å². The van der Waals surface area contributed by atoms with Crippen molar-refractivity contribution in [1.29, 1.82) is 0 Å². The molecule has 4 heteroatoms. The molecule has 0 spiro atoms. The maximum atomic E-state index is 10.5. The second-order valence-electron chi connectivity index (χ2n) is 2.77. The van der Waals surface area contributed by atoms with E-state index < -0.39 is 6.09 Å². The molecule has 1 amide bonds. The number of hydrogen-bond donors (Lipinski definition) is 2. The van der Waals surface area contributed by atoms with Crippen LogP contribution in [-0.4, -0.2) is 11.6 Å². The van der Waals surface area contributed by atoms with E-state index in [0.29, 0.717) is 0 Å². The zero-order valence-electron chi connectivity index (χ0n) is 6.60. The molecular formula is C6H14N2O2. The number of carbonyl (C=O) groups excluding carboxylic acids is 1. The summed E-state index contributed by atoms with van der Waals surface area (Å²) < 4.78 is 0. The first-order chi connectivity index (χ1) is 4.52. The molecule has 0 aliphatic heterocycles. The number of nitrogens with one attached hydrogen (secondary N) is 1. The lowest BCUT2D eigenvalue weighted by atomic mass is 10.0. The molecule has 0 saturated heterocycles. The maximum absolute atomic E-state index is 10.5. The van der Waals surface area contributed by atoms with Gasteiger partial charge in [-0.2, -0.15) is 5.90 Å². The molecule has 0 aliphatic carbocycles. The van der Waals surface area contributed by atoms with Crippen LogP contribution in [0.25, 0.3) is 0 Å². The first-order valence-corrected chi connectivity index (χ1v) is 3.20. The number of hydrogen-bond acceptors (Lipinski definition) is 3. The van der Waals surface area contributed by atoms with Gasteiger partial charge in [0.05, 0.1) is 0 Å². The van der Waals surface area contributed by atoms with Crippen LogP contribution in [0.4, 0.5) is 4.79 Å². The van der Waals surface area contributed by atoms with Gasteiger partial charge in [0.1, 0.15) is 0 Å². The second kappa shape index (κ2) is 3.41. The first kappa shape index (κ1) is 9.23. The standard InChI is InChI=1S/C6H14N2O2/c1-4-6(2,3)8-5(9)10-7/h4,7H2,1-3H3,(H,8,9). The summed E-state index contributed by atoms with van der Waals surface area (Å²) in [5, 5.41) is 2.57. The van der Waals surface area contributed by atoms with Gasteiger partial charge in [0.15, 0.2) is 0 Å². The average molecular weight is 146 g/mol. The van der Waals surface area contributed by atoms with Gasteiger partial charge in [-0.3, -0.25) is 0 Å². The van der Waals surface area contributed by atoms with E-state index in [4.69, 9.17) is 0 Å². The van der Waals surface area contributed by atoms with Crippen molar-refractivity contribution in [1.82, 2.24) is 5.32 Å². The third kappa shape index (κ3) is 3.29. The Morgan fingerprint density at radius 1 is 1.70 bits per heavy atom. The lowest BCUT2D eigenvalue weighted by Crippen LogP contribution is -2.43. The van der Waals surface area contributed by atoms with Gasteiger partial charge in [-0.05, 0) is 20.3 Å². The average Bonchev–Trinajstić information content (AvgIpc) is 1.87. The highest BCUT2D eigenvalue weighted by Crippen LogP contribution is 2.05. The monoisotopic (exact) mass is 146 g/mol. The number of amides is 1. The molecule has 4 nitrogen and oxygen atoms in total. The summed E-state index contributed by atoms with van der Waals surface area (Å²) in [7, 11) is 0. The van der Waals surface area contributed by atoms with Crippen molar-refractivity contribution in [2.45, 2.75) is 32.7 Å². The van der Waals surface area contributed by atoms with E-state index in [9.17, 15) is 4.79 Å². The largest absolute Gasteiger partial charge is 0.426 e. The van der Waals surface area contributed by atoms with Crippen LogP contribution in [0.3, 0.4) is 0 Å². The molecule has 0 aromatic rings. The lowest BCUT2D eigenvalue weighted by Gasteiger charge is -2.22. The zero-order valence-corrected chi connectivity index (χ0v) is 6.60. The van der Waals surface area contributed by atoms with Crippen LogP contribution in [0.1, 0.15) is 27.2 Å². The highest BCUT2D eigenvalue weighted by Gasteiger charge is 2.17. The number of nitrogens with two attached hydrogens (primary N) is 1. The SMILES string of the molecule is CCC(C)(C)NC(=O)ON. The zero-order chi connectivity index (χ0) is 8.20. The first-order valence-electron chi connectivity index (χ1n) is 3.20. The van der Waals surface area contributed by atoms with Crippen molar-refractivity contribution in [3.8, 4) is 0 Å². The van der Waals surface area contributed by atoms with E-state index in [-0.39, 0.29) is 5.54 Å². The van der Waals surface area contributed by atoms with E-state index in [1.54, 1.807) is 0 Å². The molecule has 10 heavy (non-hydrogen) atoms. The fourth-order valence-corrected chi connectivity index (χ4v) is 0.394. The molecule has 0 aliphatic rings. The van der Waals surface area contributed by atoms with Gasteiger partial charge < -0.3 is 10.2 Å². The Labute approximate surface area is 60.7 Å². The molecule has 0 aromatic heterocycles. The molecule has 0 unspecified atom stereocenters. The summed E-state index contributed by atoms with van der Waals surface area (Å²) in [5.74, 6) is 4.62. The Kier molecular flexibility index (Phi) is 3.15. The Morgan fingerprint density at radius 2 is 2.20 bits per heavy atom. The molecule has 0 aromatic carbocycles. The van der Waals surface area contributed by atoms with Crippen LogP contribution in [0.2, 0.25) is 0 Å². The van der Waals surface area contributed by atoms with Gasteiger partial charge in [0, 0.05) is 5.54 Å². The smallest absolute Gasteiger partial charge is 0.357 e. The van der Waals surface area contributed by atoms with Crippen LogP contribution >= 0.6 is 0 Å². The van der Waals surface area contributed by atoms with Crippen LogP contribution < -0.4 is 11.2 Å². The summed E-state index contributed by atoms with van der Waals surface area (Å²) in [5.41, 5.74) is -0.240. The topological polar surface area (TPSA) is 64.3 Å². The third-order valence-corrected chi connectivity index (χ3v) is 1.43. The van der Waals surface area contributed by atoms with Crippen molar-refractivity contribution in [2.24, 2.45) is 5.90 Å². The summed E-state index contributed by atoms with van der Waals surface area (Å²) in [6, 6.07) is 0. The minimum absolute atomic E-state index is 0.240. The molecule has 0 heterocycles. The Bertz CT molecular complexity index is 123. The Morgan fingerprint density at radius 3 is 2.50 bits per heavy atom. The van der Waals surface area contributed by atoms with Crippen molar-refractivity contribution in [3.63, 3.8) is 0 Å². The van der Waals surface area contributed by atoms with E-state index >= 15 is 0 Å². The number of carbonyl (C=O) groups is 1. The molecule has 0 fully saturated rings. The van der Waals surface area contributed by atoms with Gasteiger partial charge in [-0.15, -0.1) is 0 Å². The van der Waals surface area contributed by atoms with Crippen molar-refractivity contribution in [2.75, 3.05) is 0 Å². The van der Waals surface area contributed by atoms with Gasteiger partial charge in [0.25, 0.3) is 0 Å². The molecule has 60 valence electrons. The molecular weight excluding hydrogens is 132 g/mol. The summed E-state index contributed by atoms with van der Waals surface area (Å²) >= 11 is 0. The Hall–Kier alpha value is -0.770. The molecule has 3 N–H and O–H groups in total. The normalized spacial score (nSPS) is 10.8. The van der Waals surface area contributed by atoms with Crippen LogP contribution in [-0.2, 0) is 4.84 Å². The summed E-state index contributed by atoms with van der Waals surface area (Å²) in [4.78, 5) is 14.5. The van der Waals surface area contributed by atoms with Gasteiger partial charge in [-0.25, -0.2) is 4.79 Å². The minimum Gasteiger partial charge on any atom is -0.357 e. The fraction of sp³-hybridized carbons (Fsp3) is 0.833. The van der Waals surface area contributed by atoms with Crippen LogP contribution in [0.15, 0.2) is 0 Å². The van der Waals surface area contributed by atoms with Gasteiger partial charge in [-0.1, -0.05) is 6.92 Å². The third-order valence-electron chi connectivity index (χ3n) is 1.43. The predicted octanol–water partition coefficient (Wildman–Crippen LogP) is 0.775. The van der Waals surface area contributed by atoms with Crippen molar-refractivity contribution < 1.29 is 9.63 Å². The second-order valence-corrected chi connectivity index (χ2v) is 2.77. The van der Waals surface area contributed by atoms with E-state index in [2.05, 4.69) is 16.1 Å². The maximum Gasteiger partial charge on any atom is 0.426 e. The van der Waals surface area contributed by atoms with Crippen LogP contribution in [0, 0.1) is 0 Å². The fourth-order valence-electron chi connectivity index (χ4n) is 0.394. The highest BCUT2D eigenvalue weighted by atomic mass is 16.7. The van der Waals surface area contributed by atoms with Crippen molar-refractivity contribution >= 4 is 6.09 Å². The Balaban J connectivity index is 3.76. The molecule has 0 rings (SSSR count). The van der Waals surface area contributed by atoms with E-state index in [0.717, 1.165) is 6.42 Å². The summed E-state index contributed by atoms with van der Waals surface area (Å²) in [6.45, 7) is 5.75. The molecule has 0 saturated carbocycles. The van der Waals surface area contributed by atoms with Crippen LogP contribution in [0.5, 0.6) is 0 Å². The highest BCUT2D eigenvalue weighted by molar-refractivity contribution is 5.67. The minimum atomic E-state index is -0.591. The van der Waals surface area contributed by atoms with E-state index in [1.807, 2.05) is 20.8 Å². The molecule has 0 atom stereocenters. The summed E-state index contributed by atoms with van der Waals surface area (Å²) in [6.07, 6.45) is 0.245. The number of rotatable bonds is 2. The quantitative estimate of drug-likeness (QED) is 0.566. The molecule has 0 radical (unpaired) electrons. The molecule has 0 bridgehead atoms. The lowest BCUT2D eigenvalue weighted by molar-refractivity contribution is 0.136.